The average molecular weight is 308 g/mol. The minimum atomic E-state index is -0.267. The molecule has 0 bridgehead atoms. The number of carbonyl (C=O) groups excluding carboxylic acids is 1. The topological polar surface area (TPSA) is 42.0 Å². The second-order valence-corrected chi connectivity index (χ2v) is 6.67. The van der Waals surface area contributed by atoms with Crippen LogP contribution in [0.3, 0.4) is 0 Å². The Morgan fingerprint density at radius 1 is 1.35 bits per heavy atom. The third-order valence-electron chi connectivity index (χ3n) is 3.03. The second-order valence-electron chi connectivity index (χ2n) is 4.53. The van der Waals surface area contributed by atoms with E-state index in [4.69, 9.17) is 0 Å². The highest BCUT2D eigenvalue weighted by Gasteiger charge is 2.17. The number of aryl methyl sites for hydroxylation is 2. The summed E-state index contributed by atoms with van der Waals surface area (Å²) in [6.07, 6.45) is 3.27. The number of rotatable bonds is 4. The van der Waals surface area contributed by atoms with E-state index in [1.165, 1.54) is 35.2 Å². The molecule has 0 unspecified atom stereocenters. The van der Waals surface area contributed by atoms with Crippen LogP contribution < -0.4 is 5.32 Å². The molecule has 0 aliphatic heterocycles. The molecule has 0 fully saturated rings. The van der Waals surface area contributed by atoms with Crippen LogP contribution in [0.25, 0.3) is 0 Å². The molecule has 1 N–H and O–H groups in total. The molecular weight excluding hydrogens is 295 g/mol. The van der Waals surface area contributed by atoms with Gasteiger partial charge in [0, 0.05) is 9.77 Å². The molecule has 1 aromatic heterocycles. The van der Waals surface area contributed by atoms with Gasteiger partial charge < -0.3 is 5.32 Å². The first-order chi connectivity index (χ1) is 9.70. The number of aromatic nitrogens is 1. The number of nitrogens with one attached hydrogen (secondary N) is 1. The van der Waals surface area contributed by atoms with Crippen LogP contribution in [-0.4, -0.2) is 16.6 Å². The predicted octanol–water partition coefficient (Wildman–Crippen LogP) is 3.50. The highest BCUT2D eigenvalue weighted by atomic mass is 32.2. The van der Waals surface area contributed by atoms with Gasteiger partial charge in [-0.05, 0) is 43.5 Å². The third-order valence-corrected chi connectivity index (χ3v) is 5.11. The largest absolute Gasteiger partial charge is 0.301 e. The molecular formula is C14H13FN2OS2. The SMILES string of the molecule is O=C(CSc1ccc(F)cc1)Nc1nc2c(s1)CCC2. The van der Waals surface area contributed by atoms with Crippen molar-refractivity contribution in [1.29, 1.82) is 0 Å². The van der Waals surface area contributed by atoms with E-state index >= 15 is 0 Å². The number of amides is 1. The zero-order chi connectivity index (χ0) is 13.9. The molecule has 3 rings (SSSR count). The number of benzene rings is 1. The molecule has 104 valence electrons. The fourth-order valence-electron chi connectivity index (χ4n) is 2.08. The maximum atomic E-state index is 12.8. The van der Waals surface area contributed by atoms with Gasteiger partial charge in [-0.15, -0.1) is 23.1 Å². The molecule has 0 saturated carbocycles. The lowest BCUT2D eigenvalue weighted by molar-refractivity contribution is -0.113. The van der Waals surface area contributed by atoms with Crippen molar-refractivity contribution >= 4 is 34.1 Å². The highest BCUT2D eigenvalue weighted by molar-refractivity contribution is 8.00. The van der Waals surface area contributed by atoms with Gasteiger partial charge in [0.1, 0.15) is 5.82 Å². The van der Waals surface area contributed by atoms with Gasteiger partial charge in [-0.25, -0.2) is 9.37 Å². The van der Waals surface area contributed by atoms with Gasteiger partial charge in [-0.1, -0.05) is 0 Å². The Morgan fingerprint density at radius 3 is 2.90 bits per heavy atom. The molecule has 1 amide bonds. The molecule has 0 radical (unpaired) electrons. The van der Waals surface area contributed by atoms with E-state index in [1.807, 2.05) is 0 Å². The lowest BCUT2D eigenvalue weighted by atomic mass is 10.4. The molecule has 1 aromatic carbocycles. The molecule has 0 atom stereocenters. The molecule has 1 aliphatic carbocycles. The van der Waals surface area contributed by atoms with Crippen LogP contribution in [0.4, 0.5) is 9.52 Å². The Morgan fingerprint density at radius 2 is 2.15 bits per heavy atom. The first-order valence-electron chi connectivity index (χ1n) is 6.37. The monoisotopic (exact) mass is 308 g/mol. The summed E-state index contributed by atoms with van der Waals surface area (Å²) in [5.74, 6) is -0.0431. The summed E-state index contributed by atoms with van der Waals surface area (Å²) >= 11 is 2.96. The minimum Gasteiger partial charge on any atom is -0.301 e. The Hall–Kier alpha value is -1.40. The highest BCUT2D eigenvalue weighted by Crippen LogP contribution is 2.30. The van der Waals surface area contributed by atoms with E-state index in [-0.39, 0.29) is 11.7 Å². The van der Waals surface area contributed by atoms with E-state index in [0.717, 1.165) is 23.4 Å². The Kier molecular flexibility index (Phi) is 4.03. The summed E-state index contributed by atoms with van der Waals surface area (Å²) < 4.78 is 12.8. The van der Waals surface area contributed by atoms with Crippen molar-refractivity contribution in [2.24, 2.45) is 0 Å². The smallest absolute Gasteiger partial charge is 0.236 e. The number of halogens is 1. The number of thiazole rings is 1. The number of carbonyl (C=O) groups is 1. The number of hydrogen-bond donors (Lipinski definition) is 1. The van der Waals surface area contributed by atoms with E-state index in [2.05, 4.69) is 10.3 Å². The number of anilines is 1. The van der Waals surface area contributed by atoms with Crippen LogP contribution in [0.15, 0.2) is 29.2 Å². The normalized spacial score (nSPS) is 13.2. The number of fused-ring (bicyclic) bond motifs is 1. The number of hydrogen-bond acceptors (Lipinski definition) is 4. The van der Waals surface area contributed by atoms with Crippen molar-refractivity contribution in [2.75, 3.05) is 11.1 Å². The van der Waals surface area contributed by atoms with E-state index in [0.29, 0.717) is 10.9 Å². The van der Waals surface area contributed by atoms with E-state index in [9.17, 15) is 9.18 Å². The Bertz CT molecular complexity index is 603. The molecule has 1 aliphatic rings. The summed E-state index contributed by atoms with van der Waals surface area (Å²) in [6, 6.07) is 6.13. The molecule has 1 heterocycles. The van der Waals surface area contributed by atoms with Crippen molar-refractivity contribution in [3.05, 3.63) is 40.7 Å². The van der Waals surface area contributed by atoms with Crippen molar-refractivity contribution in [1.82, 2.24) is 4.98 Å². The maximum Gasteiger partial charge on any atom is 0.236 e. The predicted molar refractivity (Wildman–Crippen MR) is 79.9 cm³/mol. The van der Waals surface area contributed by atoms with Crippen LogP contribution in [-0.2, 0) is 17.6 Å². The number of nitrogens with zero attached hydrogens (tertiary/aromatic N) is 1. The fraction of sp³-hybridized carbons (Fsp3) is 0.286. The van der Waals surface area contributed by atoms with Crippen molar-refractivity contribution in [3.63, 3.8) is 0 Å². The Labute approximate surface area is 124 Å². The van der Waals surface area contributed by atoms with Gasteiger partial charge in [-0.2, -0.15) is 0 Å². The van der Waals surface area contributed by atoms with Crippen molar-refractivity contribution in [3.8, 4) is 0 Å². The number of thioether (sulfide) groups is 1. The Balaban J connectivity index is 1.53. The lowest BCUT2D eigenvalue weighted by Gasteiger charge is -2.02. The van der Waals surface area contributed by atoms with Crippen LogP contribution in [0.5, 0.6) is 0 Å². The fourth-order valence-corrected chi connectivity index (χ4v) is 3.84. The summed E-state index contributed by atoms with van der Waals surface area (Å²) in [7, 11) is 0. The molecule has 3 nitrogen and oxygen atoms in total. The molecule has 2 aromatic rings. The molecule has 20 heavy (non-hydrogen) atoms. The first kappa shape index (κ1) is 13.6. The quantitative estimate of drug-likeness (QED) is 0.879. The van der Waals surface area contributed by atoms with Gasteiger partial charge in [0.25, 0.3) is 0 Å². The van der Waals surface area contributed by atoms with Gasteiger partial charge in [-0.3, -0.25) is 4.79 Å². The van der Waals surface area contributed by atoms with Crippen LogP contribution >= 0.6 is 23.1 Å². The van der Waals surface area contributed by atoms with Crippen LogP contribution in [0.2, 0.25) is 0 Å². The van der Waals surface area contributed by atoms with Crippen LogP contribution in [0.1, 0.15) is 17.0 Å². The summed E-state index contributed by atoms with van der Waals surface area (Å²) in [5.41, 5.74) is 1.14. The molecule has 0 spiro atoms. The van der Waals surface area contributed by atoms with Crippen molar-refractivity contribution < 1.29 is 9.18 Å². The van der Waals surface area contributed by atoms with Gasteiger partial charge >= 0.3 is 0 Å². The second kappa shape index (κ2) is 5.93. The summed E-state index contributed by atoms with van der Waals surface area (Å²) in [5, 5.41) is 3.52. The van der Waals surface area contributed by atoms with Gasteiger partial charge in [0.2, 0.25) is 5.91 Å². The zero-order valence-electron chi connectivity index (χ0n) is 10.7. The molecule has 0 saturated heterocycles. The van der Waals surface area contributed by atoms with E-state index < -0.39 is 0 Å². The maximum absolute atomic E-state index is 12.8. The zero-order valence-corrected chi connectivity index (χ0v) is 12.3. The lowest BCUT2D eigenvalue weighted by Crippen LogP contribution is -2.13. The standard InChI is InChI=1S/C14H13FN2OS2/c15-9-4-6-10(7-5-9)19-8-13(18)17-14-16-11-2-1-3-12(11)20-14/h4-7H,1-3,8H2,(H,16,17,18). The summed E-state index contributed by atoms with van der Waals surface area (Å²) in [6.45, 7) is 0. The van der Waals surface area contributed by atoms with Crippen molar-refractivity contribution in [2.45, 2.75) is 24.2 Å². The van der Waals surface area contributed by atoms with Gasteiger partial charge in [0.15, 0.2) is 5.13 Å². The first-order valence-corrected chi connectivity index (χ1v) is 8.18. The van der Waals surface area contributed by atoms with Gasteiger partial charge in [0.05, 0.1) is 11.4 Å². The molecule has 6 heteroatoms. The van der Waals surface area contributed by atoms with Crippen LogP contribution in [0, 0.1) is 5.82 Å². The summed E-state index contributed by atoms with van der Waals surface area (Å²) in [4.78, 5) is 18.4. The van der Waals surface area contributed by atoms with E-state index in [1.54, 1.807) is 23.5 Å². The average Bonchev–Trinajstić information content (AvgIpc) is 2.99. The third kappa shape index (κ3) is 3.19. The minimum absolute atomic E-state index is 0.0771.